The number of benzene rings is 1. The third kappa shape index (κ3) is 1.87. The van der Waals surface area contributed by atoms with Gasteiger partial charge in [0.2, 0.25) is 0 Å². The molecule has 0 atom stereocenters. The minimum Gasteiger partial charge on any atom is -0.495 e. The van der Waals surface area contributed by atoms with Crippen LogP contribution in [0.2, 0.25) is 0 Å². The molecule has 3 heteroatoms. The molecule has 0 aliphatic carbocycles. The summed E-state index contributed by atoms with van der Waals surface area (Å²) in [5.74, 6) is 0.979. The van der Waals surface area contributed by atoms with Crippen LogP contribution in [-0.2, 0) is 0 Å². The topological polar surface area (TPSA) is 24.5 Å². The number of rotatable bonds is 3. The zero-order valence-electron chi connectivity index (χ0n) is 10.5. The van der Waals surface area contributed by atoms with E-state index in [1.165, 1.54) is 16.8 Å². The Kier molecular flexibility index (Phi) is 3.06. The molecule has 3 nitrogen and oxygen atoms in total. The second-order valence-corrected chi connectivity index (χ2v) is 4.56. The lowest BCUT2D eigenvalue weighted by Gasteiger charge is -2.38. The number of ether oxygens (including phenoxy) is 1. The first kappa shape index (κ1) is 11.3. The molecular formula is C13H20N2O. The van der Waals surface area contributed by atoms with Crippen molar-refractivity contribution in [3.8, 4) is 5.75 Å². The molecule has 1 aromatic carbocycles. The molecule has 1 fully saturated rings. The van der Waals surface area contributed by atoms with E-state index >= 15 is 0 Å². The average Bonchev–Trinajstić information content (AvgIpc) is 2.13. The first-order valence-corrected chi connectivity index (χ1v) is 5.72. The van der Waals surface area contributed by atoms with Gasteiger partial charge in [-0.25, -0.2) is 0 Å². The molecule has 2 rings (SSSR count). The molecule has 0 bridgehead atoms. The van der Waals surface area contributed by atoms with Crippen molar-refractivity contribution in [1.82, 2.24) is 5.32 Å². The van der Waals surface area contributed by atoms with Crippen LogP contribution in [0.5, 0.6) is 5.75 Å². The van der Waals surface area contributed by atoms with Crippen LogP contribution in [0.1, 0.15) is 11.1 Å². The molecule has 1 aliphatic rings. The predicted molar refractivity (Wildman–Crippen MR) is 67.5 cm³/mol. The van der Waals surface area contributed by atoms with Crippen molar-refractivity contribution in [2.24, 2.45) is 0 Å². The van der Waals surface area contributed by atoms with E-state index in [1.54, 1.807) is 7.11 Å². The zero-order valence-corrected chi connectivity index (χ0v) is 10.5. The van der Waals surface area contributed by atoms with Crippen LogP contribution in [0, 0.1) is 13.8 Å². The Balaban J connectivity index is 2.37. The number of hydrogen-bond acceptors (Lipinski definition) is 3. The second-order valence-electron chi connectivity index (χ2n) is 4.56. The van der Waals surface area contributed by atoms with Gasteiger partial charge in [-0.2, -0.15) is 0 Å². The second kappa shape index (κ2) is 4.34. The highest BCUT2D eigenvalue weighted by Crippen LogP contribution is 2.34. The lowest BCUT2D eigenvalue weighted by Crippen LogP contribution is -2.56. The quantitative estimate of drug-likeness (QED) is 0.839. The summed E-state index contributed by atoms with van der Waals surface area (Å²) in [6.07, 6.45) is 0. The predicted octanol–water partition coefficient (Wildman–Crippen LogP) is 1.72. The lowest BCUT2D eigenvalue weighted by molar-refractivity contribution is 0.400. The normalized spacial score (nSPS) is 15.8. The van der Waals surface area contributed by atoms with Gasteiger partial charge in [0.05, 0.1) is 18.8 Å². The lowest BCUT2D eigenvalue weighted by atomic mass is 10.0. The molecule has 0 amide bonds. The van der Waals surface area contributed by atoms with Crippen LogP contribution in [0.3, 0.4) is 0 Å². The molecule has 1 saturated heterocycles. The molecule has 1 N–H and O–H groups in total. The Labute approximate surface area is 97.4 Å². The summed E-state index contributed by atoms with van der Waals surface area (Å²) in [4.78, 5) is 2.32. The molecule has 0 saturated carbocycles. The monoisotopic (exact) mass is 220 g/mol. The van der Waals surface area contributed by atoms with Gasteiger partial charge in [0.25, 0.3) is 0 Å². The Morgan fingerprint density at radius 1 is 1.31 bits per heavy atom. The molecule has 0 unspecified atom stereocenters. The Hall–Kier alpha value is -1.22. The van der Waals surface area contributed by atoms with Crippen molar-refractivity contribution < 1.29 is 4.74 Å². The van der Waals surface area contributed by atoms with E-state index in [4.69, 9.17) is 4.74 Å². The summed E-state index contributed by atoms with van der Waals surface area (Å²) < 4.78 is 5.48. The smallest absolute Gasteiger partial charge is 0.142 e. The number of aryl methyl sites for hydroxylation is 2. The third-order valence-corrected chi connectivity index (χ3v) is 3.29. The molecule has 16 heavy (non-hydrogen) atoms. The van der Waals surface area contributed by atoms with Crippen LogP contribution < -0.4 is 15.0 Å². The number of hydrogen-bond donors (Lipinski definition) is 1. The molecule has 88 valence electrons. The SMILES string of the molecule is COc1cc(C)cc(C)c1N(C)C1CNC1. The highest BCUT2D eigenvalue weighted by Gasteiger charge is 2.24. The van der Waals surface area contributed by atoms with E-state index in [9.17, 15) is 0 Å². The van der Waals surface area contributed by atoms with Crippen LogP contribution in [0.4, 0.5) is 5.69 Å². The number of likely N-dealkylation sites (N-methyl/N-ethyl adjacent to an activating group) is 1. The van der Waals surface area contributed by atoms with Crippen LogP contribution in [0.25, 0.3) is 0 Å². The van der Waals surface area contributed by atoms with Crippen LogP contribution in [0.15, 0.2) is 12.1 Å². The minimum absolute atomic E-state index is 0.593. The van der Waals surface area contributed by atoms with Crippen molar-refractivity contribution in [3.63, 3.8) is 0 Å². The van der Waals surface area contributed by atoms with Gasteiger partial charge in [0.15, 0.2) is 0 Å². The Bertz CT molecular complexity index is 386. The maximum atomic E-state index is 5.48. The standard InChI is InChI=1S/C13H20N2O/c1-9-5-10(2)13(12(6-9)16-4)15(3)11-7-14-8-11/h5-6,11,14H,7-8H2,1-4H3. The van der Waals surface area contributed by atoms with Crippen molar-refractivity contribution in [2.45, 2.75) is 19.9 Å². The summed E-state index contributed by atoms with van der Waals surface area (Å²) in [6, 6.07) is 4.90. The van der Waals surface area contributed by atoms with E-state index in [1.807, 2.05) is 0 Å². The molecule has 1 aliphatic heterocycles. The van der Waals surface area contributed by atoms with E-state index in [0.717, 1.165) is 18.8 Å². The largest absolute Gasteiger partial charge is 0.495 e. The average molecular weight is 220 g/mol. The minimum atomic E-state index is 0.593. The van der Waals surface area contributed by atoms with Gasteiger partial charge >= 0.3 is 0 Å². The first-order chi connectivity index (χ1) is 7.63. The van der Waals surface area contributed by atoms with Gasteiger partial charge in [-0.05, 0) is 31.0 Å². The maximum Gasteiger partial charge on any atom is 0.142 e. The first-order valence-electron chi connectivity index (χ1n) is 5.72. The van der Waals surface area contributed by atoms with Gasteiger partial charge < -0.3 is 15.0 Å². The highest BCUT2D eigenvalue weighted by atomic mass is 16.5. The fourth-order valence-electron chi connectivity index (χ4n) is 2.26. The summed E-state index contributed by atoms with van der Waals surface area (Å²) >= 11 is 0. The number of nitrogens with one attached hydrogen (secondary N) is 1. The molecule has 1 heterocycles. The number of methoxy groups -OCH3 is 1. The fourth-order valence-corrected chi connectivity index (χ4v) is 2.26. The molecule has 0 radical (unpaired) electrons. The summed E-state index contributed by atoms with van der Waals surface area (Å²) in [7, 11) is 3.89. The fraction of sp³-hybridized carbons (Fsp3) is 0.538. The summed E-state index contributed by atoms with van der Waals surface area (Å²) in [5.41, 5.74) is 3.75. The molecule has 0 spiro atoms. The van der Waals surface area contributed by atoms with Gasteiger partial charge in [0.1, 0.15) is 5.75 Å². The van der Waals surface area contributed by atoms with E-state index < -0.39 is 0 Å². The van der Waals surface area contributed by atoms with Crippen molar-refractivity contribution in [2.75, 3.05) is 32.1 Å². The number of nitrogens with zero attached hydrogens (tertiary/aromatic N) is 1. The third-order valence-electron chi connectivity index (χ3n) is 3.29. The van der Waals surface area contributed by atoms with E-state index in [2.05, 4.69) is 43.2 Å². The van der Waals surface area contributed by atoms with Gasteiger partial charge in [-0.3, -0.25) is 0 Å². The van der Waals surface area contributed by atoms with Crippen molar-refractivity contribution >= 4 is 5.69 Å². The zero-order chi connectivity index (χ0) is 11.7. The Morgan fingerprint density at radius 2 is 2.00 bits per heavy atom. The summed E-state index contributed by atoms with van der Waals surface area (Å²) in [5, 5.41) is 3.30. The summed E-state index contributed by atoms with van der Waals surface area (Å²) in [6.45, 7) is 6.37. The van der Waals surface area contributed by atoms with Crippen LogP contribution >= 0.6 is 0 Å². The van der Waals surface area contributed by atoms with E-state index in [0.29, 0.717) is 6.04 Å². The van der Waals surface area contributed by atoms with Gasteiger partial charge in [0, 0.05) is 20.1 Å². The van der Waals surface area contributed by atoms with Gasteiger partial charge in [-0.1, -0.05) is 6.07 Å². The maximum absolute atomic E-state index is 5.48. The Morgan fingerprint density at radius 3 is 2.50 bits per heavy atom. The molecular weight excluding hydrogens is 200 g/mol. The van der Waals surface area contributed by atoms with E-state index in [-0.39, 0.29) is 0 Å². The highest BCUT2D eigenvalue weighted by molar-refractivity contribution is 5.65. The van der Waals surface area contributed by atoms with Crippen molar-refractivity contribution in [1.29, 1.82) is 0 Å². The van der Waals surface area contributed by atoms with Gasteiger partial charge in [-0.15, -0.1) is 0 Å². The van der Waals surface area contributed by atoms with Crippen molar-refractivity contribution in [3.05, 3.63) is 23.3 Å². The van der Waals surface area contributed by atoms with Crippen LogP contribution in [-0.4, -0.2) is 33.3 Å². The molecule has 1 aromatic rings. The molecule has 0 aromatic heterocycles. The number of anilines is 1.